The topological polar surface area (TPSA) is 61.8 Å². The number of aliphatic carboxylic acids is 1. The second kappa shape index (κ2) is 8.51. The van der Waals surface area contributed by atoms with Crippen molar-refractivity contribution in [3.63, 3.8) is 0 Å². The summed E-state index contributed by atoms with van der Waals surface area (Å²) in [5.41, 5.74) is -0.777. The van der Waals surface area contributed by atoms with Crippen LogP contribution in [0.3, 0.4) is 0 Å². The van der Waals surface area contributed by atoms with E-state index in [1.54, 1.807) is 6.92 Å². The molecule has 1 aliphatic rings. The molecule has 0 amide bonds. The van der Waals surface area contributed by atoms with Gasteiger partial charge in [-0.05, 0) is 45.7 Å². The van der Waals surface area contributed by atoms with Crippen molar-refractivity contribution in [2.75, 3.05) is 39.4 Å². The number of nitrogens with one attached hydrogen (secondary N) is 1. The maximum Gasteiger partial charge on any atom is 0.323 e. The molecule has 0 aliphatic carbocycles. The maximum absolute atomic E-state index is 11.3. The first kappa shape index (κ1) is 16.4. The van der Waals surface area contributed by atoms with Crippen molar-refractivity contribution in [2.45, 2.75) is 45.1 Å². The van der Waals surface area contributed by atoms with Crippen LogP contribution in [0, 0.1) is 0 Å². The van der Waals surface area contributed by atoms with Crippen LogP contribution < -0.4 is 5.32 Å². The Morgan fingerprint density at radius 2 is 2.05 bits per heavy atom. The Morgan fingerprint density at radius 1 is 1.37 bits per heavy atom. The predicted molar refractivity (Wildman–Crippen MR) is 75.4 cm³/mol. The van der Waals surface area contributed by atoms with Crippen molar-refractivity contribution in [1.29, 1.82) is 0 Å². The molecule has 0 spiro atoms. The Bertz CT molecular complexity index is 267. The Kier molecular flexibility index (Phi) is 7.34. The van der Waals surface area contributed by atoms with E-state index in [9.17, 15) is 9.90 Å². The molecular weight excluding hydrogens is 244 g/mol. The first-order chi connectivity index (χ1) is 9.08. The number of unbranched alkanes of at least 4 members (excludes halogenated alkanes) is 1. The van der Waals surface area contributed by atoms with E-state index in [1.165, 1.54) is 0 Å². The minimum atomic E-state index is -0.777. The van der Waals surface area contributed by atoms with Gasteiger partial charge in [0.1, 0.15) is 5.54 Å². The Morgan fingerprint density at radius 3 is 2.63 bits per heavy atom. The van der Waals surface area contributed by atoms with Gasteiger partial charge in [0.15, 0.2) is 0 Å². The number of carboxylic acid groups (broad SMARTS) is 1. The molecule has 1 rings (SSSR count). The van der Waals surface area contributed by atoms with E-state index in [2.05, 4.69) is 10.2 Å². The number of rotatable bonds is 9. The molecule has 0 aromatic carbocycles. The minimum Gasteiger partial charge on any atom is -0.480 e. The van der Waals surface area contributed by atoms with Crippen molar-refractivity contribution in [3.05, 3.63) is 0 Å². The first-order valence-corrected chi connectivity index (χ1v) is 7.37. The summed E-state index contributed by atoms with van der Waals surface area (Å²) in [6.45, 7) is 9.30. The second-order valence-electron chi connectivity index (χ2n) is 5.48. The summed E-state index contributed by atoms with van der Waals surface area (Å²) < 4.78 is 5.31. The molecule has 1 unspecified atom stereocenters. The van der Waals surface area contributed by atoms with Gasteiger partial charge in [-0.15, -0.1) is 0 Å². The lowest BCUT2D eigenvalue weighted by Crippen LogP contribution is -2.49. The number of morpholine rings is 1. The van der Waals surface area contributed by atoms with Crippen molar-refractivity contribution in [1.82, 2.24) is 10.2 Å². The fourth-order valence-corrected chi connectivity index (χ4v) is 2.31. The van der Waals surface area contributed by atoms with Gasteiger partial charge in [0.2, 0.25) is 0 Å². The summed E-state index contributed by atoms with van der Waals surface area (Å²) in [4.78, 5) is 13.7. The number of ether oxygens (including phenoxy) is 1. The fraction of sp³-hybridized carbons (Fsp3) is 0.929. The molecule has 0 radical (unpaired) electrons. The molecular formula is C14H28N2O3. The van der Waals surface area contributed by atoms with E-state index in [-0.39, 0.29) is 0 Å². The van der Waals surface area contributed by atoms with Gasteiger partial charge in [-0.25, -0.2) is 0 Å². The van der Waals surface area contributed by atoms with Crippen LogP contribution in [0.4, 0.5) is 0 Å². The normalized spacial score (nSPS) is 20.1. The summed E-state index contributed by atoms with van der Waals surface area (Å²) >= 11 is 0. The molecule has 0 bridgehead atoms. The van der Waals surface area contributed by atoms with Crippen LogP contribution in [0.15, 0.2) is 0 Å². The zero-order chi connectivity index (χ0) is 14.1. The van der Waals surface area contributed by atoms with Crippen molar-refractivity contribution in [3.8, 4) is 0 Å². The van der Waals surface area contributed by atoms with Gasteiger partial charge in [-0.3, -0.25) is 9.69 Å². The van der Waals surface area contributed by atoms with E-state index in [4.69, 9.17) is 4.74 Å². The summed E-state index contributed by atoms with van der Waals surface area (Å²) in [7, 11) is 0. The standard InChI is InChI=1S/C14H28N2O3/c1-3-7-15-14(2,13(17)18)6-4-5-8-16-9-11-19-12-10-16/h15H,3-12H2,1-2H3,(H,17,18). The van der Waals surface area contributed by atoms with Crippen LogP contribution in [0.25, 0.3) is 0 Å². The molecule has 0 aromatic heterocycles. The number of carboxylic acids is 1. The van der Waals surface area contributed by atoms with Crippen LogP contribution >= 0.6 is 0 Å². The summed E-state index contributed by atoms with van der Waals surface area (Å²) in [5, 5.41) is 12.5. The molecule has 5 nitrogen and oxygen atoms in total. The lowest BCUT2D eigenvalue weighted by molar-refractivity contribution is -0.144. The third kappa shape index (κ3) is 5.89. The summed E-state index contributed by atoms with van der Waals surface area (Å²) in [6.07, 6.45) is 3.64. The smallest absolute Gasteiger partial charge is 0.323 e. The SMILES string of the molecule is CCCNC(C)(CCCCN1CCOCC1)C(=O)O. The molecule has 1 fully saturated rings. The third-order valence-electron chi connectivity index (χ3n) is 3.74. The van der Waals surface area contributed by atoms with Crippen LogP contribution in [0.2, 0.25) is 0 Å². The van der Waals surface area contributed by atoms with Gasteiger partial charge in [0.05, 0.1) is 13.2 Å². The first-order valence-electron chi connectivity index (χ1n) is 7.37. The minimum absolute atomic E-state index is 0.687. The third-order valence-corrected chi connectivity index (χ3v) is 3.74. The van der Waals surface area contributed by atoms with Crippen LogP contribution in [0.1, 0.15) is 39.5 Å². The van der Waals surface area contributed by atoms with Gasteiger partial charge >= 0.3 is 5.97 Å². The zero-order valence-electron chi connectivity index (χ0n) is 12.3. The molecule has 1 atom stereocenters. The summed E-state index contributed by atoms with van der Waals surface area (Å²) in [6, 6.07) is 0. The number of carbonyl (C=O) groups is 1. The van der Waals surface area contributed by atoms with Crippen LogP contribution in [-0.2, 0) is 9.53 Å². The van der Waals surface area contributed by atoms with Gasteiger partial charge in [-0.1, -0.05) is 6.92 Å². The highest BCUT2D eigenvalue weighted by Gasteiger charge is 2.31. The highest BCUT2D eigenvalue weighted by Crippen LogP contribution is 2.15. The Labute approximate surface area is 116 Å². The Hall–Kier alpha value is -0.650. The van der Waals surface area contributed by atoms with Crippen LogP contribution in [0.5, 0.6) is 0 Å². The van der Waals surface area contributed by atoms with E-state index in [0.29, 0.717) is 6.42 Å². The Balaban J connectivity index is 2.22. The molecule has 0 saturated carbocycles. The lowest BCUT2D eigenvalue weighted by Gasteiger charge is -2.28. The fourth-order valence-electron chi connectivity index (χ4n) is 2.31. The van der Waals surface area contributed by atoms with Crippen molar-refractivity contribution >= 4 is 5.97 Å². The van der Waals surface area contributed by atoms with E-state index in [0.717, 1.165) is 58.7 Å². The maximum atomic E-state index is 11.3. The molecule has 112 valence electrons. The van der Waals surface area contributed by atoms with Crippen LogP contribution in [-0.4, -0.2) is 60.9 Å². The molecule has 1 heterocycles. The van der Waals surface area contributed by atoms with E-state index in [1.807, 2.05) is 6.92 Å². The molecule has 5 heteroatoms. The highest BCUT2D eigenvalue weighted by molar-refractivity contribution is 5.78. The van der Waals surface area contributed by atoms with Gasteiger partial charge < -0.3 is 15.2 Å². The van der Waals surface area contributed by atoms with E-state index >= 15 is 0 Å². The number of hydrogen-bond acceptors (Lipinski definition) is 4. The molecule has 1 aliphatic heterocycles. The molecule has 19 heavy (non-hydrogen) atoms. The van der Waals surface area contributed by atoms with E-state index < -0.39 is 11.5 Å². The lowest BCUT2D eigenvalue weighted by atomic mass is 9.94. The van der Waals surface area contributed by atoms with Crippen molar-refractivity contribution < 1.29 is 14.6 Å². The highest BCUT2D eigenvalue weighted by atomic mass is 16.5. The zero-order valence-corrected chi connectivity index (χ0v) is 12.3. The number of hydrogen-bond donors (Lipinski definition) is 2. The second-order valence-corrected chi connectivity index (χ2v) is 5.48. The average Bonchev–Trinajstić information content (AvgIpc) is 2.42. The van der Waals surface area contributed by atoms with Gasteiger partial charge in [0.25, 0.3) is 0 Å². The quantitative estimate of drug-likeness (QED) is 0.620. The van der Waals surface area contributed by atoms with Crippen molar-refractivity contribution in [2.24, 2.45) is 0 Å². The molecule has 0 aromatic rings. The average molecular weight is 272 g/mol. The monoisotopic (exact) mass is 272 g/mol. The molecule has 1 saturated heterocycles. The largest absolute Gasteiger partial charge is 0.480 e. The van der Waals surface area contributed by atoms with Gasteiger partial charge in [0, 0.05) is 13.1 Å². The number of nitrogens with zero attached hydrogens (tertiary/aromatic N) is 1. The predicted octanol–water partition coefficient (Wildman–Crippen LogP) is 1.33. The summed E-state index contributed by atoms with van der Waals surface area (Å²) in [5.74, 6) is -0.743. The van der Waals surface area contributed by atoms with Gasteiger partial charge in [-0.2, -0.15) is 0 Å². The molecule has 2 N–H and O–H groups in total.